The van der Waals surface area contributed by atoms with Crippen LogP contribution in [-0.2, 0) is 20.5 Å². The number of halogens is 4. The van der Waals surface area contributed by atoms with Crippen LogP contribution < -0.4 is 0 Å². The van der Waals surface area contributed by atoms with Gasteiger partial charge in [0.15, 0.2) is 0 Å². The Hall–Kier alpha value is -2.52. The molecule has 182 valence electrons. The summed E-state index contributed by atoms with van der Waals surface area (Å²) in [5.41, 5.74) is 0.565. The van der Waals surface area contributed by atoms with Gasteiger partial charge >= 0.3 is 18.1 Å². The predicted molar refractivity (Wildman–Crippen MR) is 119 cm³/mol. The highest BCUT2D eigenvalue weighted by Crippen LogP contribution is 2.43. The number of carbonyl (C=O) groups excluding carboxylic acids is 1. The van der Waals surface area contributed by atoms with Gasteiger partial charge < -0.3 is 14.7 Å². The molecule has 1 aromatic carbocycles. The van der Waals surface area contributed by atoms with Crippen molar-refractivity contribution in [2.45, 2.75) is 38.3 Å². The Balaban J connectivity index is 0.00000385. The van der Waals surface area contributed by atoms with E-state index in [4.69, 9.17) is 4.74 Å². The van der Waals surface area contributed by atoms with Crippen LogP contribution in [0.1, 0.15) is 43.2 Å². The molecule has 0 aliphatic carbocycles. The first-order valence-electron chi connectivity index (χ1n) is 10.4. The minimum atomic E-state index is -4.52. The van der Waals surface area contributed by atoms with Gasteiger partial charge in [-0.3, -0.25) is 4.90 Å². The summed E-state index contributed by atoms with van der Waals surface area (Å²) in [4.78, 5) is 29.0. The van der Waals surface area contributed by atoms with E-state index < -0.39 is 29.6 Å². The second kappa shape index (κ2) is 10.6. The van der Waals surface area contributed by atoms with Crippen molar-refractivity contribution in [2.75, 3.05) is 33.8 Å². The molecule has 3 rings (SSSR count). The highest BCUT2D eigenvalue weighted by molar-refractivity contribution is 5.99. The van der Waals surface area contributed by atoms with E-state index in [1.54, 1.807) is 18.9 Å². The largest absolute Gasteiger partial charge is 0.478 e. The number of benzene rings is 1. The SMILES string of the molecule is COC(=O)C1=C(C)N(C)C(CN2CCCCC2)=C(C(=O)O)C1c1ccc(C(F)(F)F)cc1.Cl. The van der Waals surface area contributed by atoms with Crippen LogP contribution in [-0.4, -0.2) is 60.6 Å². The van der Waals surface area contributed by atoms with E-state index >= 15 is 0 Å². The molecule has 1 saturated heterocycles. The number of hydrogen-bond donors (Lipinski definition) is 1. The molecule has 0 bridgehead atoms. The number of hydrogen-bond acceptors (Lipinski definition) is 5. The molecule has 6 nitrogen and oxygen atoms in total. The van der Waals surface area contributed by atoms with E-state index in [1.807, 2.05) is 0 Å². The zero-order valence-electron chi connectivity index (χ0n) is 18.7. The van der Waals surface area contributed by atoms with Crippen LogP contribution in [0.5, 0.6) is 0 Å². The summed E-state index contributed by atoms with van der Waals surface area (Å²) < 4.78 is 44.1. The van der Waals surface area contributed by atoms with Crippen molar-refractivity contribution < 1.29 is 32.6 Å². The zero-order chi connectivity index (χ0) is 23.6. The number of nitrogens with zero attached hydrogens (tertiary/aromatic N) is 2. The van der Waals surface area contributed by atoms with Gasteiger partial charge in [-0.05, 0) is 50.6 Å². The number of aliphatic carboxylic acids is 1. The van der Waals surface area contributed by atoms with Crippen LogP contribution in [0.4, 0.5) is 13.2 Å². The Bertz CT molecular complexity index is 951. The van der Waals surface area contributed by atoms with Gasteiger partial charge in [0, 0.05) is 25.0 Å². The molecule has 2 aliphatic heterocycles. The van der Waals surface area contributed by atoms with Gasteiger partial charge in [0.2, 0.25) is 0 Å². The fourth-order valence-electron chi connectivity index (χ4n) is 4.42. The Morgan fingerprint density at radius 3 is 2.15 bits per heavy atom. The quantitative estimate of drug-likeness (QED) is 0.618. The maximum Gasteiger partial charge on any atom is 0.416 e. The molecule has 0 saturated carbocycles. The minimum Gasteiger partial charge on any atom is -0.478 e. The third-order valence-corrected chi connectivity index (χ3v) is 6.22. The Morgan fingerprint density at radius 1 is 1.09 bits per heavy atom. The molecular formula is C23H28ClF3N2O4. The average Bonchev–Trinajstić information content (AvgIpc) is 2.76. The number of likely N-dealkylation sites (tertiary alicyclic amines) is 1. The molecule has 0 spiro atoms. The molecule has 2 aliphatic rings. The number of carbonyl (C=O) groups is 2. The number of ether oxygens (including phenoxy) is 1. The lowest BCUT2D eigenvalue weighted by Gasteiger charge is -2.39. The number of carboxylic acids is 1. The van der Waals surface area contributed by atoms with Crippen LogP contribution in [0.2, 0.25) is 0 Å². The van der Waals surface area contributed by atoms with Crippen molar-refractivity contribution in [1.82, 2.24) is 9.80 Å². The minimum absolute atomic E-state index is 0. The van der Waals surface area contributed by atoms with Crippen LogP contribution in [0.25, 0.3) is 0 Å². The van der Waals surface area contributed by atoms with Crippen molar-refractivity contribution in [3.05, 3.63) is 57.9 Å². The monoisotopic (exact) mass is 488 g/mol. The normalized spacial score (nSPS) is 19.9. The summed E-state index contributed by atoms with van der Waals surface area (Å²) in [6.45, 7) is 3.74. The highest BCUT2D eigenvalue weighted by atomic mass is 35.5. The third-order valence-electron chi connectivity index (χ3n) is 6.22. The van der Waals surface area contributed by atoms with Gasteiger partial charge in [-0.2, -0.15) is 13.2 Å². The molecule has 1 atom stereocenters. The number of likely N-dealkylation sites (N-methyl/N-ethyl adjacent to an activating group) is 1. The number of allylic oxidation sites excluding steroid dienone is 1. The van der Waals surface area contributed by atoms with Crippen molar-refractivity contribution in [2.24, 2.45) is 0 Å². The number of methoxy groups -OCH3 is 1. The zero-order valence-corrected chi connectivity index (χ0v) is 19.6. The van der Waals surface area contributed by atoms with Gasteiger partial charge in [-0.25, -0.2) is 9.59 Å². The van der Waals surface area contributed by atoms with Gasteiger partial charge in [-0.1, -0.05) is 18.6 Å². The summed E-state index contributed by atoms with van der Waals surface area (Å²) in [6.07, 6.45) is -1.36. The first-order chi connectivity index (χ1) is 15.1. The average molecular weight is 489 g/mol. The number of esters is 1. The van der Waals surface area contributed by atoms with Crippen molar-refractivity contribution in [3.8, 4) is 0 Å². The van der Waals surface area contributed by atoms with Gasteiger partial charge in [0.1, 0.15) is 0 Å². The van der Waals surface area contributed by atoms with E-state index in [9.17, 15) is 27.9 Å². The molecule has 1 aromatic rings. The lowest BCUT2D eigenvalue weighted by atomic mass is 9.79. The second-order valence-electron chi connectivity index (χ2n) is 8.10. The fourth-order valence-corrected chi connectivity index (χ4v) is 4.42. The van der Waals surface area contributed by atoms with E-state index in [0.717, 1.165) is 44.5 Å². The topological polar surface area (TPSA) is 70.1 Å². The predicted octanol–water partition coefficient (Wildman–Crippen LogP) is 4.43. The van der Waals surface area contributed by atoms with Crippen LogP contribution in [0.15, 0.2) is 46.8 Å². The fraction of sp³-hybridized carbons (Fsp3) is 0.478. The summed E-state index contributed by atoms with van der Waals surface area (Å²) in [5, 5.41) is 10.2. The second-order valence-corrected chi connectivity index (χ2v) is 8.10. The van der Waals surface area contributed by atoms with Crippen molar-refractivity contribution >= 4 is 24.3 Å². The van der Waals surface area contributed by atoms with Crippen LogP contribution in [0, 0.1) is 0 Å². The van der Waals surface area contributed by atoms with E-state index in [-0.39, 0.29) is 23.6 Å². The Kier molecular flexibility index (Phi) is 8.59. The summed E-state index contributed by atoms with van der Waals surface area (Å²) in [5.74, 6) is -2.98. The molecule has 1 fully saturated rings. The number of carboxylic acid groups (broad SMARTS) is 1. The lowest BCUT2D eigenvalue weighted by molar-refractivity contribution is -0.138. The maximum atomic E-state index is 13.1. The molecule has 33 heavy (non-hydrogen) atoms. The van der Waals surface area contributed by atoms with E-state index in [0.29, 0.717) is 23.5 Å². The van der Waals surface area contributed by atoms with Gasteiger partial charge in [0.05, 0.1) is 29.7 Å². The standard InChI is InChI=1S/C23H27F3N2O4.ClH/c1-14-18(22(31)32-3)19(15-7-9-16(10-8-15)23(24,25)26)20(21(29)30)17(27(14)2)13-28-11-5-4-6-12-28;/h7-10,19H,4-6,11-13H2,1-3H3,(H,29,30);1H. The highest BCUT2D eigenvalue weighted by Gasteiger charge is 2.41. The Labute approximate surface area is 197 Å². The molecule has 1 N–H and O–H groups in total. The van der Waals surface area contributed by atoms with Crippen LogP contribution in [0.3, 0.4) is 0 Å². The third kappa shape index (κ3) is 5.52. The summed E-state index contributed by atoms with van der Waals surface area (Å²) in [7, 11) is 2.89. The summed E-state index contributed by atoms with van der Waals surface area (Å²) >= 11 is 0. The molecule has 1 unspecified atom stereocenters. The maximum absolute atomic E-state index is 13.1. The van der Waals surface area contributed by atoms with Crippen molar-refractivity contribution in [3.63, 3.8) is 0 Å². The van der Waals surface area contributed by atoms with Crippen molar-refractivity contribution in [1.29, 1.82) is 0 Å². The number of piperidine rings is 1. The van der Waals surface area contributed by atoms with Crippen LogP contribution >= 0.6 is 12.4 Å². The molecular weight excluding hydrogens is 461 g/mol. The molecule has 0 radical (unpaired) electrons. The van der Waals surface area contributed by atoms with E-state index in [1.165, 1.54) is 19.2 Å². The first-order valence-corrected chi connectivity index (χ1v) is 10.4. The van der Waals surface area contributed by atoms with Gasteiger partial charge in [-0.15, -0.1) is 12.4 Å². The number of alkyl halides is 3. The molecule has 0 amide bonds. The first kappa shape index (κ1) is 26.7. The Morgan fingerprint density at radius 2 is 1.67 bits per heavy atom. The molecule has 2 heterocycles. The van der Waals surface area contributed by atoms with Gasteiger partial charge in [0.25, 0.3) is 0 Å². The van der Waals surface area contributed by atoms with E-state index in [2.05, 4.69) is 4.90 Å². The lowest BCUT2D eigenvalue weighted by Crippen LogP contribution is -2.40. The number of rotatable bonds is 5. The molecule has 10 heteroatoms. The smallest absolute Gasteiger partial charge is 0.416 e. The molecule has 0 aromatic heterocycles. The summed E-state index contributed by atoms with van der Waals surface area (Å²) in [6, 6.07) is 4.27.